The van der Waals surface area contributed by atoms with Gasteiger partial charge < -0.3 is 24.0 Å². The van der Waals surface area contributed by atoms with E-state index in [0.717, 1.165) is 25.7 Å². The first kappa shape index (κ1) is 17.2. The highest BCUT2D eigenvalue weighted by atomic mass is 127. The molecular formula is C22H22IN. The zero-order valence-electron chi connectivity index (χ0n) is 14.0. The van der Waals surface area contributed by atoms with Gasteiger partial charge in [-0.3, -0.25) is 0 Å². The van der Waals surface area contributed by atoms with Crippen molar-refractivity contribution < 1.29 is 28.5 Å². The van der Waals surface area contributed by atoms with Gasteiger partial charge in [0.2, 0.25) is 0 Å². The van der Waals surface area contributed by atoms with E-state index in [1.807, 2.05) is 0 Å². The Morgan fingerprint density at radius 3 is 1.88 bits per heavy atom. The molecule has 1 aromatic heterocycles. The molecule has 4 bridgehead atoms. The zero-order chi connectivity index (χ0) is 15.6. The number of hydrogen-bond donors (Lipinski definition) is 0. The number of nitrogens with zero attached hydrogens (tertiary/aromatic N) is 1. The zero-order valence-corrected chi connectivity index (χ0v) is 16.2. The van der Waals surface area contributed by atoms with Gasteiger partial charge in [-0.2, -0.15) is 0 Å². The Kier molecular flexibility index (Phi) is 5.34. The molecule has 0 atom stereocenters. The van der Waals surface area contributed by atoms with Gasteiger partial charge in [-0.25, -0.2) is 4.57 Å². The van der Waals surface area contributed by atoms with Crippen LogP contribution in [0.15, 0.2) is 67.0 Å². The van der Waals surface area contributed by atoms with Crippen molar-refractivity contribution in [3.63, 3.8) is 0 Å². The Bertz CT molecular complexity index is 820. The van der Waals surface area contributed by atoms with Gasteiger partial charge in [0.25, 0.3) is 0 Å². The van der Waals surface area contributed by atoms with Gasteiger partial charge in [0, 0.05) is 12.1 Å². The molecule has 1 heterocycles. The lowest BCUT2D eigenvalue weighted by molar-refractivity contribution is -0.671. The first-order valence-electron chi connectivity index (χ1n) is 8.43. The Hall–Kier alpha value is -1.68. The second-order valence-corrected chi connectivity index (χ2v) is 6.56. The van der Waals surface area contributed by atoms with Crippen LogP contribution >= 0.6 is 0 Å². The summed E-state index contributed by atoms with van der Waals surface area (Å²) >= 11 is 0. The molecule has 7 rings (SSSR count). The number of hydrogen-bond acceptors (Lipinski definition) is 0. The number of benzene rings is 2. The Balaban J connectivity index is 0.00000169. The van der Waals surface area contributed by atoms with Crippen LogP contribution in [-0.4, -0.2) is 0 Å². The Labute approximate surface area is 161 Å². The standard InChI is InChI=1S/C22H22N.HI/c1-23-14-12-21(13-15-23)22-16-19-7-6-17-2-4-18(5-3-17)8-10-20(22)11-9-19;/h2-5,9,11-16H,6-8,10H2,1H3;1H/q+1;/p-1. The molecule has 0 N–H and O–H groups in total. The number of halogens is 1. The van der Waals surface area contributed by atoms with Crippen LogP contribution in [0.2, 0.25) is 0 Å². The molecule has 1 nitrogen and oxygen atoms in total. The smallest absolute Gasteiger partial charge is 0.169 e. The van der Waals surface area contributed by atoms with Crippen LogP contribution in [-0.2, 0) is 32.7 Å². The predicted octanol–water partition coefficient (Wildman–Crippen LogP) is 1.07. The van der Waals surface area contributed by atoms with Crippen molar-refractivity contribution in [2.24, 2.45) is 7.05 Å². The van der Waals surface area contributed by atoms with Gasteiger partial charge in [0.05, 0.1) is 0 Å². The van der Waals surface area contributed by atoms with E-state index in [1.165, 1.54) is 33.4 Å². The van der Waals surface area contributed by atoms with Gasteiger partial charge in [0.15, 0.2) is 12.4 Å². The van der Waals surface area contributed by atoms with E-state index in [0.29, 0.717) is 0 Å². The summed E-state index contributed by atoms with van der Waals surface area (Å²) < 4.78 is 2.09. The maximum Gasteiger partial charge on any atom is 0.169 e. The molecule has 4 aliphatic carbocycles. The topological polar surface area (TPSA) is 3.88 Å². The first-order chi connectivity index (χ1) is 11.3. The molecule has 0 saturated carbocycles. The summed E-state index contributed by atoms with van der Waals surface area (Å²) in [5.41, 5.74) is 8.48. The molecule has 0 spiro atoms. The van der Waals surface area contributed by atoms with E-state index in [9.17, 15) is 0 Å². The van der Waals surface area contributed by atoms with E-state index >= 15 is 0 Å². The number of pyridine rings is 1. The van der Waals surface area contributed by atoms with Crippen LogP contribution in [0.5, 0.6) is 0 Å². The number of rotatable bonds is 1. The minimum atomic E-state index is 0. The van der Waals surface area contributed by atoms with Crippen LogP contribution in [0.4, 0.5) is 0 Å². The molecule has 0 fully saturated rings. The van der Waals surface area contributed by atoms with E-state index in [1.54, 1.807) is 0 Å². The molecular weight excluding hydrogens is 405 g/mol. The van der Waals surface area contributed by atoms with Crippen molar-refractivity contribution in [2.45, 2.75) is 25.7 Å². The van der Waals surface area contributed by atoms with Crippen molar-refractivity contribution in [3.05, 3.63) is 89.2 Å². The molecule has 0 saturated heterocycles. The highest BCUT2D eigenvalue weighted by Gasteiger charge is 2.10. The first-order valence-corrected chi connectivity index (χ1v) is 8.43. The lowest BCUT2D eigenvalue weighted by Gasteiger charge is -2.14. The monoisotopic (exact) mass is 427 g/mol. The molecule has 0 aliphatic heterocycles. The highest BCUT2D eigenvalue weighted by molar-refractivity contribution is 5.67. The SMILES string of the molecule is C[n+]1ccc(-c2cc3ccc2CCc2ccc(cc2)CC3)cc1.[I-]. The van der Waals surface area contributed by atoms with Crippen molar-refractivity contribution in [2.75, 3.05) is 0 Å². The lowest BCUT2D eigenvalue weighted by Crippen LogP contribution is -3.00. The molecule has 2 heteroatoms. The molecule has 0 radical (unpaired) electrons. The fourth-order valence-corrected chi connectivity index (χ4v) is 3.39. The summed E-state index contributed by atoms with van der Waals surface area (Å²) in [5.74, 6) is 0. The summed E-state index contributed by atoms with van der Waals surface area (Å²) in [6, 6.07) is 20.7. The normalized spacial score (nSPS) is 13.0. The van der Waals surface area contributed by atoms with Crippen LogP contribution < -0.4 is 28.5 Å². The van der Waals surface area contributed by atoms with Gasteiger partial charge in [-0.15, -0.1) is 0 Å². The summed E-state index contributed by atoms with van der Waals surface area (Å²) in [6.07, 6.45) is 8.68. The number of aryl methyl sites for hydroxylation is 5. The maximum atomic E-state index is 2.40. The van der Waals surface area contributed by atoms with E-state index in [2.05, 4.69) is 78.6 Å². The summed E-state index contributed by atoms with van der Waals surface area (Å²) in [6.45, 7) is 0. The van der Waals surface area contributed by atoms with Crippen LogP contribution in [0.3, 0.4) is 0 Å². The Morgan fingerprint density at radius 1 is 0.667 bits per heavy atom. The molecule has 0 unspecified atom stereocenters. The Morgan fingerprint density at radius 2 is 1.21 bits per heavy atom. The fraction of sp³-hybridized carbons (Fsp3) is 0.227. The third kappa shape index (κ3) is 3.69. The maximum absolute atomic E-state index is 2.40. The van der Waals surface area contributed by atoms with Crippen molar-refractivity contribution in [3.8, 4) is 11.1 Å². The molecule has 2 aromatic carbocycles. The van der Waals surface area contributed by atoms with Crippen molar-refractivity contribution >= 4 is 0 Å². The van der Waals surface area contributed by atoms with Crippen LogP contribution in [0.25, 0.3) is 11.1 Å². The van der Waals surface area contributed by atoms with Crippen molar-refractivity contribution in [1.82, 2.24) is 0 Å². The lowest BCUT2D eigenvalue weighted by atomic mass is 9.91. The second kappa shape index (κ2) is 7.47. The van der Waals surface area contributed by atoms with Crippen molar-refractivity contribution in [1.29, 1.82) is 0 Å². The molecule has 0 amide bonds. The van der Waals surface area contributed by atoms with Crippen LogP contribution in [0.1, 0.15) is 22.3 Å². The average molecular weight is 427 g/mol. The van der Waals surface area contributed by atoms with E-state index < -0.39 is 0 Å². The highest BCUT2D eigenvalue weighted by Crippen LogP contribution is 2.27. The predicted molar refractivity (Wildman–Crippen MR) is 94.3 cm³/mol. The molecule has 3 aromatic rings. The average Bonchev–Trinajstić information content (AvgIpc) is 2.58. The minimum Gasteiger partial charge on any atom is -1.00 e. The minimum absolute atomic E-state index is 0. The largest absolute Gasteiger partial charge is 1.00 e. The van der Waals surface area contributed by atoms with Gasteiger partial charge in [-0.1, -0.05) is 42.5 Å². The fourth-order valence-electron chi connectivity index (χ4n) is 3.39. The number of aromatic nitrogens is 1. The third-order valence-corrected chi connectivity index (χ3v) is 4.87. The van der Waals surface area contributed by atoms with Crippen LogP contribution in [0, 0.1) is 0 Å². The van der Waals surface area contributed by atoms with Gasteiger partial charge >= 0.3 is 0 Å². The van der Waals surface area contributed by atoms with E-state index in [4.69, 9.17) is 0 Å². The molecule has 24 heavy (non-hydrogen) atoms. The summed E-state index contributed by atoms with van der Waals surface area (Å²) in [5, 5.41) is 0. The molecule has 122 valence electrons. The summed E-state index contributed by atoms with van der Waals surface area (Å²) in [7, 11) is 2.07. The molecule has 4 aliphatic rings. The summed E-state index contributed by atoms with van der Waals surface area (Å²) in [4.78, 5) is 0. The second-order valence-electron chi connectivity index (χ2n) is 6.56. The third-order valence-electron chi connectivity index (χ3n) is 4.87. The quantitative estimate of drug-likeness (QED) is 0.404. The van der Waals surface area contributed by atoms with E-state index in [-0.39, 0.29) is 24.0 Å². The van der Waals surface area contributed by atoms with Gasteiger partial charge in [0.1, 0.15) is 7.05 Å². The van der Waals surface area contributed by atoms with Gasteiger partial charge in [-0.05, 0) is 59.1 Å².